The lowest BCUT2D eigenvalue weighted by Crippen LogP contribution is -2.44. The molecule has 0 unspecified atom stereocenters. The lowest BCUT2D eigenvalue weighted by molar-refractivity contribution is 0.180. The third-order valence-electron chi connectivity index (χ3n) is 3.75. The first kappa shape index (κ1) is 23.8. The van der Waals surface area contributed by atoms with E-state index in [-0.39, 0.29) is 29.7 Å². The molecule has 2 N–H and O–H groups in total. The third kappa shape index (κ3) is 9.35. The fourth-order valence-corrected chi connectivity index (χ4v) is 3.95. The van der Waals surface area contributed by atoms with E-state index >= 15 is 0 Å². The first-order valence-corrected chi connectivity index (χ1v) is 9.70. The first-order valence-electron chi connectivity index (χ1n) is 8.09. The highest BCUT2D eigenvalue weighted by atomic mass is 127. The molecule has 144 valence electrons. The van der Waals surface area contributed by atoms with Crippen molar-refractivity contribution in [3.05, 3.63) is 0 Å². The van der Waals surface area contributed by atoms with Crippen molar-refractivity contribution in [1.29, 1.82) is 0 Å². The average molecular weight is 477 g/mol. The minimum absolute atomic E-state index is 0. The van der Waals surface area contributed by atoms with E-state index in [9.17, 15) is 8.42 Å². The number of guanidine groups is 1. The Morgan fingerprint density at radius 1 is 1.29 bits per heavy atom. The molecule has 1 rings (SSSR count). The molecule has 0 aromatic carbocycles. The number of nitrogens with one attached hydrogen (secondary N) is 2. The maximum atomic E-state index is 11.7. The van der Waals surface area contributed by atoms with Crippen LogP contribution < -0.4 is 10.6 Å². The minimum Gasteiger partial charge on any atom is -0.385 e. The van der Waals surface area contributed by atoms with Crippen LogP contribution in [0.25, 0.3) is 0 Å². The van der Waals surface area contributed by atoms with E-state index in [1.54, 1.807) is 14.2 Å². The van der Waals surface area contributed by atoms with E-state index in [4.69, 9.17) is 4.74 Å². The molecule has 1 fully saturated rings. The number of aliphatic imine (C=N–C) groups is 1. The van der Waals surface area contributed by atoms with Gasteiger partial charge in [-0.2, -0.15) is 0 Å². The van der Waals surface area contributed by atoms with Crippen LogP contribution in [0.15, 0.2) is 4.99 Å². The quantitative estimate of drug-likeness (QED) is 0.196. The van der Waals surface area contributed by atoms with Crippen molar-refractivity contribution < 1.29 is 13.2 Å². The van der Waals surface area contributed by atoms with Gasteiger partial charge < -0.3 is 20.3 Å². The summed E-state index contributed by atoms with van der Waals surface area (Å²) in [6, 6.07) is 0. The second kappa shape index (κ2) is 13.1. The number of methoxy groups -OCH3 is 1. The van der Waals surface area contributed by atoms with Crippen LogP contribution >= 0.6 is 24.0 Å². The predicted molar refractivity (Wildman–Crippen MR) is 109 cm³/mol. The molecule has 1 aliphatic rings. The summed E-state index contributed by atoms with van der Waals surface area (Å²) in [6.45, 7) is 5.13. The van der Waals surface area contributed by atoms with E-state index in [2.05, 4.69) is 27.6 Å². The molecular formula is C14H32IN5O3S. The number of hydrogen-bond donors (Lipinski definition) is 2. The Kier molecular flexibility index (Phi) is 13.0. The molecule has 0 bridgehead atoms. The van der Waals surface area contributed by atoms with Crippen LogP contribution in [0.3, 0.4) is 0 Å². The van der Waals surface area contributed by atoms with Crippen molar-refractivity contribution in [2.75, 3.05) is 72.8 Å². The molecule has 0 radical (unpaired) electrons. The van der Waals surface area contributed by atoms with E-state index in [0.29, 0.717) is 25.6 Å². The van der Waals surface area contributed by atoms with Gasteiger partial charge in [0.15, 0.2) is 5.96 Å². The summed E-state index contributed by atoms with van der Waals surface area (Å²) >= 11 is 0. The normalized spacial score (nSPS) is 17.8. The van der Waals surface area contributed by atoms with E-state index in [1.807, 2.05) is 0 Å². The fraction of sp³-hybridized carbons (Fsp3) is 0.929. The molecule has 0 spiro atoms. The molecule has 24 heavy (non-hydrogen) atoms. The highest BCUT2D eigenvalue weighted by molar-refractivity contribution is 14.0. The van der Waals surface area contributed by atoms with Crippen molar-refractivity contribution in [3.63, 3.8) is 0 Å². The Bertz CT molecular complexity index is 461. The van der Waals surface area contributed by atoms with E-state index in [1.165, 1.54) is 4.31 Å². The Morgan fingerprint density at radius 3 is 2.58 bits per heavy atom. The third-order valence-corrected chi connectivity index (χ3v) is 5.71. The topological polar surface area (TPSA) is 86.3 Å². The number of nitrogens with zero attached hydrogens (tertiary/aromatic N) is 3. The van der Waals surface area contributed by atoms with Crippen LogP contribution in [-0.4, -0.2) is 96.4 Å². The number of halogens is 1. The number of rotatable bonds is 10. The molecule has 0 aromatic heterocycles. The summed E-state index contributed by atoms with van der Waals surface area (Å²) < 4.78 is 30.0. The summed E-state index contributed by atoms with van der Waals surface area (Å²) in [7, 11) is 2.49. The van der Waals surface area contributed by atoms with Crippen molar-refractivity contribution in [1.82, 2.24) is 19.8 Å². The maximum Gasteiger partial charge on any atom is 0.214 e. The van der Waals surface area contributed by atoms with Crippen LogP contribution in [0.1, 0.15) is 12.8 Å². The SMILES string of the molecule is CN=C(NCCN(C)CCCOC)NCCN1CCCS1(=O)=O.I. The minimum atomic E-state index is -3.01. The Balaban J connectivity index is 0.00000529. The van der Waals surface area contributed by atoms with E-state index in [0.717, 1.165) is 39.1 Å². The first-order chi connectivity index (χ1) is 11.0. The van der Waals surface area contributed by atoms with Gasteiger partial charge in [-0.1, -0.05) is 0 Å². The van der Waals surface area contributed by atoms with Gasteiger partial charge in [0.05, 0.1) is 5.75 Å². The Morgan fingerprint density at radius 2 is 2.00 bits per heavy atom. The van der Waals surface area contributed by atoms with Crippen LogP contribution in [0.4, 0.5) is 0 Å². The number of hydrogen-bond acceptors (Lipinski definition) is 5. The lowest BCUT2D eigenvalue weighted by Gasteiger charge is -2.19. The summed E-state index contributed by atoms with van der Waals surface area (Å²) in [6.07, 6.45) is 1.75. The van der Waals surface area contributed by atoms with Gasteiger partial charge >= 0.3 is 0 Å². The van der Waals surface area contributed by atoms with Gasteiger partial charge in [-0.05, 0) is 19.9 Å². The Labute approximate surface area is 163 Å². The molecule has 0 saturated carbocycles. The van der Waals surface area contributed by atoms with Crippen LogP contribution in [-0.2, 0) is 14.8 Å². The van der Waals surface area contributed by atoms with Crippen molar-refractivity contribution in [3.8, 4) is 0 Å². The van der Waals surface area contributed by atoms with Gasteiger partial charge in [0, 0.05) is 60.0 Å². The average Bonchev–Trinajstić information content (AvgIpc) is 2.84. The summed E-state index contributed by atoms with van der Waals surface area (Å²) in [5, 5.41) is 6.39. The predicted octanol–water partition coefficient (Wildman–Crippen LogP) is -0.227. The smallest absolute Gasteiger partial charge is 0.214 e. The highest BCUT2D eigenvalue weighted by Crippen LogP contribution is 2.11. The van der Waals surface area contributed by atoms with Crippen molar-refractivity contribution in [2.45, 2.75) is 12.8 Å². The molecule has 10 heteroatoms. The van der Waals surface area contributed by atoms with Crippen molar-refractivity contribution in [2.24, 2.45) is 4.99 Å². The lowest BCUT2D eigenvalue weighted by atomic mass is 10.4. The fourth-order valence-electron chi connectivity index (χ4n) is 2.42. The number of likely N-dealkylation sites (N-methyl/N-ethyl adjacent to an activating group) is 1. The standard InChI is InChI=1S/C14H31N5O3S.HI/c1-15-14(16-6-10-18(2)8-4-12-22-3)17-7-11-19-9-5-13-23(19,20)21;/h4-13H2,1-3H3,(H2,15,16,17);1H. The molecule has 0 amide bonds. The van der Waals surface area contributed by atoms with Gasteiger partial charge in [-0.25, -0.2) is 12.7 Å². The second-order valence-electron chi connectivity index (χ2n) is 5.64. The second-order valence-corrected chi connectivity index (χ2v) is 7.73. The van der Waals surface area contributed by atoms with Crippen LogP contribution in [0.2, 0.25) is 0 Å². The Hall–Kier alpha value is -0.170. The monoisotopic (exact) mass is 477 g/mol. The summed E-state index contributed by atoms with van der Waals surface area (Å²) in [4.78, 5) is 6.38. The molecule has 0 aromatic rings. The summed E-state index contributed by atoms with van der Waals surface area (Å²) in [5.41, 5.74) is 0. The largest absolute Gasteiger partial charge is 0.385 e. The maximum absolute atomic E-state index is 11.7. The number of sulfonamides is 1. The molecule has 1 aliphatic heterocycles. The molecular weight excluding hydrogens is 445 g/mol. The highest BCUT2D eigenvalue weighted by Gasteiger charge is 2.27. The molecule has 1 heterocycles. The van der Waals surface area contributed by atoms with Gasteiger partial charge in [-0.15, -0.1) is 24.0 Å². The van der Waals surface area contributed by atoms with Gasteiger partial charge in [0.2, 0.25) is 10.0 Å². The van der Waals surface area contributed by atoms with Gasteiger partial charge in [0.1, 0.15) is 0 Å². The number of ether oxygens (including phenoxy) is 1. The zero-order valence-corrected chi connectivity index (χ0v) is 18.1. The molecule has 8 nitrogen and oxygen atoms in total. The zero-order chi connectivity index (χ0) is 17.1. The van der Waals surface area contributed by atoms with E-state index < -0.39 is 10.0 Å². The molecule has 0 aliphatic carbocycles. The van der Waals surface area contributed by atoms with Crippen LogP contribution in [0.5, 0.6) is 0 Å². The zero-order valence-electron chi connectivity index (χ0n) is 15.0. The molecule has 0 atom stereocenters. The van der Waals surface area contributed by atoms with Gasteiger partial charge in [-0.3, -0.25) is 4.99 Å². The van der Waals surface area contributed by atoms with Crippen molar-refractivity contribution >= 4 is 40.0 Å². The van der Waals surface area contributed by atoms with Crippen LogP contribution in [0, 0.1) is 0 Å². The van der Waals surface area contributed by atoms with Gasteiger partial charge in [0.25, 0.3) is 0 Å². The molecule has 1 saturated heterocycles. The summed E-state index contributed by atoms with van der Waals surface area (Å²) in [5.74, 6) is 0.974.